The Labute approximate surface area is 191 Å². The maximum atomic E-state index is 13.0. The normalized spacial score (nSPS) is 10.8. The van der Waals surface area contributed by atoms with Gasteiger partial charge in [-0.3, -0.25) is 9.59 Å². The predicted octanol–water partition coefficient (Wildman–Crippen LogP) is 4.03. The highest BCUT2D eigenvalue weighted by Gasteiger charge is 2.13. The zero-order valence-corrected chi connectivity index (χ0v) is 18.8. The third-order valence-electron chi connectivity index (χ3n) is 5.52. The molecule has 0 aliphatic heterocycles. The number of para-hydroxylation sites is 2. The number of methoxy groups -OCH3 is 2. The van der Waals surface area contributed by atoms with Crippen LogP contribution in [-0.2, 0) is 13.1 Å². The summed E-state index contributed by atoms with van der Waals surface area (Å²) in [5.74, 6) is 1.12. The molecular weight excluding hydrogens is 418 g/mol. The van der Waals surface area contributed by atoms with Crippen LogP contribution in [0.15, 0.2) is 71.5 Å². The summed E-state index contributed by atoms with van der Waals surface area (Å²) in [6, 6.07) is 19.9. The molecule has 0 bridgehead atoms. The van der Waals surface area contributed by atoms with Crippen molar-refractivity contribution in [3.63, 3.8) is 0 Å². The third-order valence-corrected chi connectivity index (χ3v) is 5.52. The summed E-state index contributed by atoms with van der Waals surface area (Å²) in [6.45, 7) is 2.76. The Bertz CT molecular complexity index is 1360. The lowest BCUT2D eigenvalue weighted by Crippen LogP contribution is -2.24. The number of rotatable bonds is 7. The molecule has 1 aromatic heterocycles. The van der Waals surface area contributed by atoms with Gasteiger partial charge in [-0.2, -0.15) is 0 Å². The van der Waals surface area contributed by atoms with Crippen LogP contribution < -0.4 is 20.3 Å². The van der Waals surface area contributed by atoms with Gasteiger partial charge in [0.25, 0.3) is 11.5 Å². The van der Waals surface area contributed by atoms with E-state index in [1.54, 1.807) is 55.2 Å². The first-order valence-corrected chi connectivity index (χ1v) is 10.6. The number of amides is 1. The van der Waals surface area contributed by atoms with Gasteiger partial charge in [-0.1, -0.05) is 24.3 Å². The molecule has 0 atom stereocenters. The van der Waals surface area contributed by atoms with Crippen molar-refractivity contribution in [3.8, 4) is 22.8 Å². The molecule has 0 radical (unpaired) electrons. The lowest BCUT2D eigenvalue weighted by molar-refractivity contribution is 0.0950. The first kappa shape index (κ1) is 22.1. The number of hydrogen-bond donors (Lipinski definition) is 1. The maximum absolute atomic E-state index is 13.0. The van der Waals surface area contributed by atoms with Crippen molar-refractivity contribution in [3.05, 3.63) is 88.2 Å². The molecule has 1 N–H and O–H groups in total. The van der Waals surface area contributed by atoms with Gasteiger partial charge in [0.2, 0.25) is 0 Å². The molecule has 0 aliphatic rings. The van der Waals surface area contributed by atoms with Crippen LogP contribution in [-0.4, -0.2) is 29.7 Å². The molecule has 0 saturated carbocycles. The molecule has 0 spiro atoms. The standard InChI is InChI=1S/C26H25N3O4/c1-4-29-22-8-6-5-7-21(22)28-24(26(29)31)17-9-11-18(12-10-17)25(30)27-16-19-15-20(32-2)13-14-23(19)33-3/h5-15H,4,16H2,1-3H3,(H,27,30). The van der Waals surface area contributed by atoms with Crippen LogP contribution >= 0.6 is 0 Å². The van der Waals surface area contributed by atoms with E-state index in [0.717, 1.165) is 16.6 Å². The van der Waals surface area contributed by atoms with Gasteiger partial charge >= 0.3 is 0 Å². The molecule has 7 nitrogen and oxygen atoms in total. The highest BCUT2D eigenvalue weighted by atomic mass is 16.5. The Morgan fingerprint density at radius 2 is 1.76 bits per heavy atom. The van der Waals surface area contributed by atoms with Gasteiger partial charge in [0.1, 0.15) is 17.2 Å². The molecule has 0 aliphatic carbocycles. The zero-order valence-electron chi connectivity index (χ0n) is 18.8. The topological polar surface area (TPSA) is 82.5 Å². The monoisotopic (exact) mass is 443 g/mol. The van der Waals surface area contributed by atoms with Crippen LogP contribution in [0.3, 0.4) is 0 Å². The molecule has 7 heteroatoms. The molecule has 1 amide bonds. The highest BCUT2D eigenvalue weighted by molar-refractivity contribution is 5.94. The molecule has 0 saturated heterocycles. The molecule has 0 unspecified atom stereocenters. The second-order valence-electron chi connectivity index (χ2n) is 7.44. The second-order valence-corrected chi connectivity index (χ2v) is 7.44. The first-order chi connectivity index (χ1) is 16.0. The predicted molar refractivity (Wildman–Crippen MR) is 128 cm³/mol. The molecule has 4 rings (SSSR count). The molecule has 33 heavy (non-hydrogen) atoms. The number of hydrogen-bond acceptors (Lipinski definition) is 5. The van der Waals surface area contributed by atoms with E-state index in [9.17, 15) is 9.59 Å². The molecule has 4 aromatic rings. The van der Waals surface area contributed by atoms with E-state index in [2.05, 4.69) is 10.3 Å². The van der Waals surface area contributed by atoms with Crippen LogP contribution in [0.1, 0.15) is 22.8 Å². The van der Waals surface area contributed by atoms with Crippen molar-refractivity contribution in [2.45, 2.75) is 20.0 Å². The van der Waals surface area contributed by atoms with Gasteiger partial charge in [0.05, 0.1) is 25.3 Å². The minimum atomic E-state index is -0.233. The smallest absolute Gasteiger partial charge is 0.277 e. The summed E-state index contributed by atoms with van der Waals surface area (Å²) >= 11 is 0. The summed E-state index contributed by atoms with van der Waals surface area (Å²) in [5, 5.41) is 2.90. The van der Waals surface area contributed by atoms with E-state index in [0.29, 0.717) is 34.9 Å². The third kappa shape index (κ3) is 4.43. The van der Waals surface area contributed by atoms with Crippen molar-refractivity contribution < 1.29 is 14.3 Å². The average Bonchev–Trinajstić information content (AvgIpc) is 2.86. The number of nitrogens with one attached hydrogen (secondary N) is 1. The van der Waals surface area contributed by atoms with Crippen LogP contribution in [0, 0.1) is 0 Å². The largest absolute Gasteiger partial charge is 0.497 e. The fourth-order valence-electron chi connectivity index (χ4n) is 3.77. The van der Waals surface area contributed by atoms with Crippen LogP contribution in [0.25, 0.3) is 22.3 Å². The quantitative estimate of drug-likeness (QED) is 0.466. The van der Waals surface area contributed by atoms with Crippen LogP contribution in [0.2, 0.25) is 0 Å². The number of fused-ring (bicyclic) bond motifs is 1. The summed E-state index contributed by atoms with van der Waals surface area (Å²) in [6.07, 6.45) is 0. The zero-order chi connectivity index (χ0) is 23.4. The SMILES string of the molecule is CCn1c(=O)c(-c2ccc(C(=O)NCc3cc(OC)ccc3OC)cc2)nc2ccccc21. The number of aromatic nitrogens is 2. The molecule has 168 valence electrons. The maximum Gasteiger partial charge on any atom is 0.277 e. The summed E-state index contributed by atoms with van der Waals surface area (Å²) < 4.78 is 12.3. The number of aryl methyl sites for hydroxylation is 1. The summed E-state index contributed by atoms with van der Waals surface area (Å²) in [4.78, 5) is 30.3. The van der Waals surface area contributed by atoms with Gasteiger partial charge in [-0.05, 0) is 49.4 Å². The van der Waals surface area contributed by atoms with Crippen molar-refractivity contribution in [1.29, 1.82) is 0 Å². The van der Waals surface area contributed by atoms with E-state index in [1.165, 1.54) is 0 Å². The lowest BCUT2D eigenvalue weighted by Gasteiger charge is -2.12. The Morgan fingerprint density at radius 1 is 1.00 bits per heavy atom. The highest BCUT2D eigenvalue weighted by Crippen LogP contribution is 2.24. The number of carbonyl (C=O) groups excluding carboxylic acids is 1. The van der Waals surface area contributed by atoms with Gasteiger partial charge in [-0.25, -0.2) is 4.98 Å². The Hall–Kier alpha value is -4.13. The van der Waals surface area contributed by atoms with Gasteiger partial charge in [-0.15, -0.1) is 0 Å². The first-order valence-electron chi connectivity index (χ1n) is 10.6. The van der Waals surface area contributed by atoms with E-state index in [-0.39, 0.29) is 18.0 Å². The van der Waals surface area contributed by atoms with E-state index < -0.39 is 0 Å². The summed E-state index contributed by atoms with van der Waals surface area (Å²) in [5.41, 5.74) is 3.72. The minimum absolute atomic E-state index is 0.154. The molecule has 0 fully saturated rings. The van der Waals surface area contributed by atoms with E-state index in [4.69, 9.17) is 9.47 Å². The van der Waals surface area contributed by atoms with Crippen molar-refractivity contribution >= 4 is 16.9 Å². The average molecular weight is 444 g/mol. The molecule has 3 aromatic carbocycles. The van der Waals surface area contributed by atoms with Crippen molar-refractivity contribution in [1.82, 2.24) is 14.9 Å². The summed E-state index contributed by atoms with van der Waals surface area (Å²) in [7, 11) is 3.17. The van der Waals surface area contributed by atoms with Crippen LogP contribution in [0.5, 0.6) is 11.5 Å². The van der Waals surface area contributed by atoms with Crippen LogP contribution in [0.4, 0.5) is 0 Å². The Kier molecular flexibility index (Phi) is 6.40. The van der Waals surface area contributed by atoms with Crippen molar-refractivity contribution in [2.24, 2.45) is 0 Å². The second kappa shape index (κ2) is 9.56. The number of ether oxygens (including phenoxy) is 2. The number of carbonyl (C=O) groups is 1. The van der Waals surface area contributed by atoms with Crippen molar-refractivity contribution in [2.75, 3.05) is 14.2 Å². The number of benzene rings is 3. The Morgan fingerprint density at radius 3 is 2.45 bits per heavy atom. The number of nitrogens with zero attached hydrogens (tertiary/aromatic N) is 2. The molecular formula is C26H25N3O4. The van der Waals surface area contributed by atoms with Gasteiger partial charge in [0, 0.05) is 29.8 Å². The fourth-order valence-corrected chi connectivity index (χ4v) is 3.77. The van der Waals surface area contributed by atoms with E-state index >= 15 is 0 Å². The van der Waals surface area contributed by atoms with E-state index in [1.807, 2.05) is 37.3 Å². The van der Waals surface area contributed by atoms with Gasteiger partial charge < -0.3 is 19.4 Å². The minimum Gasteiger partial charge on any atom is -0.497 e. The van der Waals surface area contributed by atoms with Gasteiger partial charge in [0.15, 0.2) is 0 Å². The lowest BCUT2D eigenvalue weighted by atomic mass is 10.1. The molecule has 1 heterocycles. The fraction of sp³-hybridized carbons (Fsp3) is 0.192. The Balaban J connectivity index is 1.56.